The normalized spacial score (nSPS) is 12.7. The molecular weight excluding hydrogens is 256 g/mol. The lowest BCUT2D eigenvalue weighted by Crippen LogP contribution is -2.00. The van der Waals surface area contributed by atoms with Gasteiger partial charge in [0.25, 0.3) is 0 Å². The third-order valence-corrected chi connectivity index (χ3v) is 3.28. The topological polar surface area (TPSA) is 33.4 Å². The summed E-state index contributed by atoms with van der Waals surface area (Å²) < 4.78 is 6.17. The molecule has 0 fully saturated rings. The summed E-state index contributed by atoms with van der Waals surface area (Å²) in [5.41, 5.74) is 1.89. The van der Waals surface area contributed by atoms with Gasteiger partial charge >= 0.3 is 0 Å². The Hall–Kier alpha value is -1.06. The van der Waals surface area contributed by atoms with Gasteiger partial charge < -0.3 is 9.52 Å². The maximum Gasteiger partial charge on any atom is 0.137 e. The summed E-state index contributed by atoms with van der Waals surface area (Å²) in [5.74, 6) is 0.566. The molecule has 0 saturated heterocycles. The first-order valence-electron chi connectivity index (χ1n) is 4.66. The Balaban J connectivity index is 2.42. The third kappa shape index (κ3) is 1.98. The second kappa shape index (κ2) is 4.21. The molecule has 15 heavy (non-hydrogen) atoms. The van der Waals surface area contributed by atoms with Gasteiger partial charge in [0.05, 0.1) is 6.26 Å². The van der Waals surface area contributed by atoms with E-state index in [4.69, 9.17) is 4.42 Å². The van der Waals surface area contributed by atoms with Crippen LogP contribution in [0, 0.1) is 6.92 Å². The molecule has 0 radical (unpaired) electrons. The molecule has 0 spiro atoms. The van der Waals surface area contributed by atoms with Gasteiger partial charge in [0.15, 0.2) is 0 Å². The summed E-state index contributed by atoms with van der Waals surface area (Å²) in [5, 5.41) is 10.1. The minimum atomic E-state index is -0.697. The van der Waals surface area contributed by atoms with Gasteiger partial charge in [0.1, 0.15) is 11.9 Å². The molecule has 3 heteroatoms. The Labute approximate surface area is 96.7 Å². The van der Waals surface area contributed by atoms with Gasteiger partial charge in [-0.25, -0.2) is 0 Å². The van der Waals surface area contributed by atoms with Crippen LogP contribution in [0.4, 0.5) is 0 Å². The van der Waals surface area contributed by atoms with E-state index < -0.39 is 6.10 Å². The molecule has 78 valence electrons. The van der Waals surface area contributed by atoms with Crippen molar-refractivity contribution in [3.8, 4) is 0 Å². The highest BCUT2D eigenvalue weighted by Crippen LogP contribution is 2.28. The molecule has 1 N–H and O–H groups in total. The average Bonchev–Trinajstić information content (AvgIpc) is 2.74. The van der Waals surface area contributed by atoms with Crippen LogP contribution in [0.1, 0.15) is 23.0 Å². The number of hydrogen-bond acceptors (Lipinski definition) is 2. The fourth-order valence-electron chi connectivity index (χ4n) is 1.52. The lowest BCUT2D eigenvalue weighted by molar-refractivity contribution is 0.188. The van der Waals surface area contributed by atoms with Crippen LogP contribution in [0.15, 0.2) is 45.5 Å². The van der Waals surface area contributed by atoms with Crippen molar-refractivity contribution in [1.29, 1.82) is 0 Å². The number of aliphatic hydroxyl groups is 1. The van der Waals surface area contributed by atoms with Crippen LogP contribution < -0.4 is 0 Å². The van der Waals surface area contributed by atoms with Crippen LogP contribution in [0.3, 0.4) is 0 Å². The van der Waals surface area contributed by atoms with Crippen LogP contribution in [0.2, 0.25) is 0 Å². The van der Waals surface area contributed by atoms with E-state index in [-0.39, 0.29) is 0 Å². The van der Waals surface area contributed by atoms with Crippen molar-refractivity contribution in [1.82, 2.24) is 0 Å². The zero-order chi connectivity index (χ0) is 10.8. The monoisotopic (exact) mass is 266 g/mol. The zero-order valence-electron chi connectivity index (χ0n) is 8.27. The van der Waals surface area contributed by atoms with E-state index in [0.29, 0.717) is 5.76 Å². The molecule has 2 rings (SSSR count). The fourth-order valence-corrected chi connectivity index (χ4v) is 1.90. The number of furan rings is 1. The van der Waals surface area contributed by atoms with Gasteiger partial charge in [-0.15, -0.1) is 0 Å². The summed E-state index contributed by atoms with van der Waals surface area (Å²) >= 11 is 3.44. The van der Waals surface area contributed by atoms with Gasteiger partial charge in [0, 0.05) is 4.47 Å². The highest BCUT2D eigenvalue weighted by atomic mass is 79.9. The lowest BCUT2D eigenvalue weighted by Gasteiger charge is -2.12. The van der Waals surface area contributed by atoms with Crippen LogP contribution >= 0.6 is 15.9 Å². The van der Waals surface area contributed by atoms with Crippen molar-refractivity contribution in [2.45, 2.75) is 13.0 Å². The number of aliphatic hydroxyl groups excluding tert-OH is 1. The molecule has 2 nitrogen and oxygen atoms in total. The Bertz CT molecular complexity index is 449. The lowest BCUT2D eigenvalue weighted by atomic mass is 10.0. The molecule has 1 unspecified atom stereocenters. The van der Waals surface area contributed by atoms with Crippen molar-refractivity contribution in [3.05, 3.63) is 58.0 Å². The summed E-state index contributed by atoms with van der Waals surface area (Å²) in [7, 11) is 0. The van der Waals surface area contributed by atoms with Crippen molar-refractivity contribution >= 4 is 15.9 Å². The Morgan fingerprint density at radius 2 is 2.07 bits per heavy atom. The second-order valence-electron chi connectivity index (χ2n) is 3.37. The molecule has 0 aliphatic carbocycles. The summed E-state index contributed by atoms with van der Waals surface area (Å²) in [6.07, 6.45) is 0.865. The molecular formula is C12H11BrO2. The largest absolute Gasteiger partial charge is 0.466 e. The maximum atomic E-state index is 10.1. The first kappa shape index (κ1) is 10.5. The zero-order valence-corrected chi connectivity index (χ0v) is 9.86. The summed E-state index contributed by atoms with van der Waals surface area (Å²) in [6, 6.07) is 9.29. The first-order valence-corrected chi connectivity index (χ1v) is 5.46. The Kier molecular flexibility index (Phi) is 2.93. The van der Waals surface area contributed by atoms with Crippen LogP contribution in [0.5, 0.6) is 0 Å². The highest BCUT2D eigenvalue weighted by molar-refractivity contribution is 9.10. The molecule has 0 aliphatic heterocycles. The van der Waals surface area contributed by atoms with E-state index in [2.05, 4.69) is 15.9 Å². The number of hydrogen-bond donors (Lipinski definition) is 1. The van der Waals surface area contributed by atoms with Gasteiger partial charge in [-0.3, -0.25) is 0 Å². The molecule has 0 saturated carbocycles. The number of benzene rings is 1. The molecule has 1 aromatic carbocycles. The van der Waals surface area contributed by atoms with E-state index >= 15 is 0 Å². The van der Waals surface area contributed by atoms with Crippen LogP contribution in [-0.2, 0) is 0 Å². The third-order valence-electron chi connectivity index (χ3n) is 2.42. The van der Waals surface area contributed by atoms with Crippen molar-refractivity contribution < 1.29 is 9.52 Å². The highest BCUT2D eigenvalue weighted by Gasteiger charge is 2.15. The summed E-state index contributed by atoms with van der Waals surface area (Å²) in [6.45, 7) is 1.96. The quantitative estimate of drug-likeness (QED) is 0.904. The SMILES string of the molecule is Cc1c(Br)cccc1C(O)c1ccco1. The molecule has 2 aromatic rings. The minimum Gasteiger partial charge on any atom is -0.466 e. The maximum absolute atomic E-state index is 10.1. The molecule has 0 amide bonds. The molecule has 0 aliphatic rings. The molecule has 1 aromatic heterocycles. The van der Waals surface area contributed by atoms with E-state index in [1.165, 1.54) is 0 Å². The van der Waals surface area contributed by atoms with Crippen molar-refractivity contribution in [2.75, 3.05) is 0 Å². The van der Waals surface area contributed by atoms with Crippen LogP contribution in [0.25, 0.3) is 0 Å². The van der Waals surface area contributed by atoms with Gasteiger partial charge in [-0.1, -0.05) is 28.1 Å². The Morgan fingerprint density at radius 3 is 2.73 bits per heavy atom. The predicted molar refractivity (Wildman–Crippen MR) is 61.6 cm³/mol. The molecule has 1 heterocycles. The minimum absolute atomic E-state index is 0.566. The van der Waals surface area contributed by atoms with E-state index in [9.17, 15) is 5.11 Å². The summed E-state index contributed by atoms with van der Waals surface area (Å²) in [4.78, 5) is 0. The average molecular weight is 267 g/mol. The number of halogens is 1. The predicted octanol–water partition coefficient (Wildman–Crippen LogP) is 3.43. The van der Waals surface area contributed by atoms with Gasteiger partial charge in [-0.2, -0.15) is 0 Å². The fraction of sp³-hybridized carbons (Fsp3) is 0.167. The van der Waals surface area contributed by atoms with Gasteiger partial charge in [0.2, 0.25) is 0 Å². The van der Waals surface area contributed by atoms with E-state index in [1.807, 2.05) is 25.1 Å². The van der Waals surface area contributed by atoms with Crippen molar-refractivity contribution in [2.24, 2.45) is 0 Å². The van der Waals surface area contributed by atoms with Crippen LogP contribution in [-0.4, -0.2) is 5.11 Å². The molecule has 1 atom stereocenters. The Morgan fingerprint density at radius 1 is 1.27 bits per heavy atom. The van der Waals surface area contributed by atoms with E-state index in [0.717, 1.165) is 15.6 Å². The second-order valence-corrected chi connectivity index (χ2v) is 4.23. The number of rotatable bonds is 2. The van der Waals surface area contributed by atoms with Crippen molar-refractivity contribution in [3.63, 3.8) is 0 Å². The first-order chi connectivity index (χ1) is 7.20. The van der Waals surface area contributed by atoms with Gasteiger partial charge in [-0.05, 0) is 36.2 Å². The standard InChI is InChI=1S/C12H11BrO2/c1-8-9(4-2-5-10(8)13)12(14)11-6-3-7-15-11/h2-7,12,14H,1H3. The van der Waals surface area contributed by atoms with E-state index in [1.54, 1.807) is 18.4 Å². The smallest absolute Gasteiger partial charge is 0.137 e. The molecule has 0 bridgehead atoms.